The van der Waals surface area contributed by atoms with Crippen LogP contribution in [-0.2, 0) is 19.4 Å². The molecule has 0 bridgehead atoms. The molecule has 11 heteroatoms. The van der Waals surface area contributed by atoms with Crippen LogP contribution >= 0.6 is 11.3 Å². The Kier molecular flexibility index (Phi) is 8.06. The summed E-state index contributed by atoms with van der Waals surface area (Å²) in [5.41, 5.74) is 6.84. The summed E-state index contributed by atoms with van der Waals surface area (Å²) in [5.74, 6) is -1.43. The summed E-state index contributed by atoms with van der Waals surface area (Å²) in [7, 11) is -1.35. The first-order valence-electron chi connectivity index (χ1n) is 13.0. The van der Waals surface area contributed by atoms with Crippen molar-refractivity contribution in [1.82, 2.24) is 4.57 Å². The molecule has 0 aliphatic carbocycles. The van der Waals surface area contributed by atoms with E-state index < -0.39 is 27.3 Å². The maximum absolute atomic E-state index is 14.5. The van der Waals surface area contributed by atoms with E-state index >= 15 is 0 Å². The van der Waals surface area contributed by atoms with Gasteiger partial charge in [-0.2, -0.15) is 0 Å². The monoisotopic (exact) mass is 604 g/mol. The Hall–Kier alpha value is -4.61. The van der Waals surface area contributed by atoms with E-state index in [9.17, 15) is 18.0 Å². The Balaban J connectivity index is 1.99. The summed E-state index contributed by atoms with van der Waals surface area (Å²) in [6.45, 7) is 1.64. The van der Waals surface area contributed by atoms with Gasteiger partial charge in [-0.15, -0.1) is 11.3 Å². The third kappa shape index (κ3) is 4.90. The highest BCUT2D eigenvalue weighted by atomic mass is 32.2. The Bertz CT molecular complexity index is 1990. The molecule has 2 N–H and O–H groups in total. The lowest BCUT2D eigenvalue weighted by Gasteiger charge is -2.28. The van der Waals surface area contributed by atoms with Crippen LogP contribution in [0.4, 0.5) is 0 Å². The maximum Gasteiger partial charge on any atom is 0.338 e. The van der Waals surface area contributed by atoms with E-state index in [0.29, 0.717) is 22.6 Å². The lowest BCUT2D eigenvalue weighted by Crippen LogP contribution is -2.41. The second-order valence-electron chi connectivity index (χ2n) is 9.17. The molecule has 0 amide bonds. The fraction of sp³-hybridized carbons (Fsp3) is 0.161. The van der Waals surface area contributed by atoms with Gasteiger partial charge >= 0.3 is 5.97 Å². The van der Waals surface area contributed by atoms with Gasteiger partial charge in [-0.05, 0) is 37.3 Å². The molecular weight excluding hydrogens is 576 g/mol. The first kappa shape index (κ1) is 28.9. The minimum absolute atomic E-state index is 0.00719. The molecule has 1 aliphatic heterocycles. The number of aromatic nitrogens is 1. The molecule has 0 spiro atoms. The second kappa shape index (κ2) is 11.7. The van der Waals surface area contributed by atoms with Gasteiger partial charge in [-0.3, -0.25) is 9.36 Å². The number of esters is 1. The normalized spacial score (nSPS) is 15.4. The van der Waals surface area contributed by atoms with Crippen molar-refractivity contribution in [2.24, 2.45) is 5.73 Å². The minimum atomic E-state index is -4.32. The number of sulfone groups is 1. The molecule has 0 saturated carbocycles. The molecule has 216 valence electrons. The number of thiazole rings is 1. The highest BCUT2D eigenvalue weighted by Crippen LogP contribution is 2.44. The van der Waals surface area contributed by atoms with Crippen molar-refractivity contribution in [2.45, 2.75) is 17.7 Å². The molecule has 5 rings (SSSR count). The van der Waals surface area contributed by atoms with Crippen LogP contribution in [0.2, 0.25) is 0 Å². The Morgan fingerprint density at radius 2 is 1.57 bits per heavy atom. The van der Waals surface area contributed by atoms with Crippen LogP contribution in [-0.4, -0.2) is 39.8 Å². The average molecular weight is 605 g/mol. The summed E-state index contributed by atoms with van der Waals surface area (Å²) in [5, 5.41) is 0. The van der Waals surface area contributed by atoms with E-state index in [-0.39, 0.29) is 37.0 Å². The lowest BCUT2D eigenvalue weighted by molar-refractivity contribution is -0.138. The number of hydrogen-bond donors (Lipinski definition) is 1. The summed E-state index contributed by atoms with van der Waals surface area (Å²) < 4.78 is 46.8. The highest BCUT2D eigenvalue weighted by Gasteiger charge is 2.43. The zero-order valence-corrected chi connectivity index (χ0v) is 24.7. The molecule has 0 fully saturated rings. The molecule has 42 heavy (non-hydrogen) atoms. The first-order valence-corrected chi connectivity index (χ1v) is 15.3. The van der Waals surface area contributed by atoms with Crippen LogP contribution in [0.15, 0.2) is 94.1 Å². The molecule has 3 aromatic carbocycles. The van der Waals surface area contributed by atoms with Crippen molar-refractivity contribution in [1.29, 1.82) is 0 Å². The van der Waals surface area contributed by atoms with E-state index in [1.165, 1.54) is 26.4 Å². The van der Waals surface area contributed by atoms with Crippen LogP contribution in [0.5, 0.6) is 11.5 Å². The van der Waals surface area contributed by atoms with Crippen LogP contribution in [0.1, 0.15) is 24.0 Å². The third-order valence-electron chi connectivity index (χ3n) is 6.82. The van der Waals surface area contributed by atoms with E-state index in [1.807, 2.05) is 0 Å². The number of ether oxygens (including phenoxy) is 3. The number of rotatable bonds is 8. The first-order chi connectivity index (χ1) is 20.2. The molecule has 9 nitrogen and oxygen atoms in total. The number of para-hydroxylation sites is 2. The Morgan fingerprint density at radius 1 is 0.952 bits per heavy atom. The quantitative estimate of drug-likeness (QED) is 0.304. The van der Waals surface area contributed by atoms with Gasteiger partial charge < -0.3 is 19.9 Å². The maximum atomic E-state index is 14.5. The highest BCUT2D eigenvalue weighted by molar-refractivity contribution is 8.00. The number of nitrogens with zero attached hydrogens (tertiary/aromatic N) is 1. The third-order valence-corrected chi connectivity index (χ3v) is 9.95. The van der Waals surface area contributed by atoms with Gasteiger partial charge in [0.15, 0.2) is 0 Å². The van der Waals surface area contributed by atoms with Crippen molar-refractivity contribution >= 4 is 43.9 Å². The fourth-order valence-electron chi connectivity index (χ4n) is 4.95. The molecule has 2 heterocycles. The number of fused-ring (bicyclic) bond motifs is 1. The topological polar surface area (TPSA) is 127 Å². The van der Waals surface area contributed by atoms with Crippen molar-refractivity contribution < 1.29 is 27.4 Å². The molecule has 1 aromatic heterocycles. The summed E-state index contributed by atoms with van der Waals surface area (Å²) >= 11 is 0.964. The number of carbonyl (C=O) groups excluding carboxylic acids is 1. The average Bonchev–Trinajstić information content (AvgIpc) is 3.32. The van der Waals surface area contributed by atoms with Crippen LogP contribution < -0.4 is 30.0 Å². The van der Waals surface area contributed by atoms with Crippen molar-refractivity contribution in [3.8, 4) is 11.5 Å². The number of hydrogen-bond acceptors (Lipinski definition) is 9. The lowest BCUT2D eigenvalue weighted by atomic mass is 9.88. The Labute approximate surface area is 246 Å². The summed E-state index contributed by atoms with van der Waals surface area (Å²) in [6.07, 6.45) is 1.61. The number of methoxy groups -OCH3 is 2. The second-order valence-corrected chi connectivity index (χ2v) is 12.1. The van der Waals surface area contributed by atoms with Gasteiger partial charge in [0.05, 0.1) is 46.7 Å². The zero-order valence-electron chi connectivity index (χ0n) is 23.1. The van der Waals surface area contributed by atoms with Gasteiger partial charge in [-0.1, -0.05) is 54.6 Å². The summed E-state index contributed by atoms with van der Waals surface area (Å²) in [4.78, 5) is 27.3. The van der Waals surface area contributed by atoms with Gasteiger partial charge in [-0.25, -0.2) is 13.2 Å². The van der Waals surface area contributed by atoms with Gasteiger partial charge in [0, 0.05) is 11.1 Å². The molecular formula is C31H28N2O7S2. The van der Waals surface area contributed by atoms with Crippen LogP contribution in [0.3, 0.4) is 0 Å². The Morgan fingerprint density at radius 3 is 2.24 bits per heavy atom. The van der Waals surface area contributed by atoms with E-state index in [2.05, 4.69) is 0 Å². The standard InChI is InChI=1S/C31H28N2O7S2/c1-4-40-31(35)26-25(21-15-9-11-17-23(21)39-3)27(42(36,37)20-13-6-5-7-14-20)30-33(28(26)32)29(34)24(41-30)18-19-12-8-10-16-22(19)38-2/h5-18,25H,4,32H2,1-3H3/b24-18-/t25-/m1/s1. The SMILES string of the molecule is CCOC(=O)C1=C(N)n2c(s/c(=C\c3ccccc3OC)c2=O)=C(S(=O)(=O)c2ccccc2)[C@@H]1c1ccccc1OC. The minimum Gasteiger partial charge on any atom is -0.496 e. The van der Waals surface area contributed by atoms with Crippen molar-refractivity contribution in [3.05, 3.63) is 115 Å². The fourth-order valence-corrected chi connectivity index (χ4v) is 8.11. The smallest absolute Gasteiger partial charge is 0.338 e. The van der Waals surface area contributed by atoms with Gasteiger partial charge in [0.2, 0.25) is 9.84 Å². The van der Waals surface area contributed by atoms with E-state index in [4.69, 9.17) is 19.9 Å². The van der Waals surface area contributed by atoms with Gasteiger partial charge in [0.25, 0.3) is 5.56 Å². The molecule has 4 aromatic rings. The number of nitrogens with two attached hydrogens (primary N) is 1. The predicted octanol–water partition coefficient (Wildman–Crippen LogP) is 2.83. The predicted molar refractivity (Wildman–Crippen MR) is 161 cm³/mol. The van der Waals surface area contributed by atoms with Crippen LogP contribution in [0, 0.1) is 0 Å². The molecule has 1 atom stereocenters. The van der Waals surface area contributed by atoms with Crippen LogP contribution in [0.25, 0.3) is 16.8 Å². The zero-order chi connectivity index (χ0) is 30.0. The number of carbonyl (C=O) groups is 1. The molecule has 0 radical (unpaired) electrons. The van der Waals surface area contributed by atoms with Crippen molar-refractivity contribution in [3.63, 3.8) is 0 Å². The van der Waals surface area contributed by atoms with Gasteiger partial charge in [0.1, 0.15) is 22.0 Å². The molecule has 0 saturated heterocycles. The largest absolute Gasteiger partial charge is 0.496 e. The van der Waals surface area contributed by atoms with E-state index in [0.717, 1.165) is 15.9 Å². The number of benzene rings is 3. The molecule has 0 unspecified atom stereocenters. The summed E-state index contributed by atoms with van der Waals surface area (Å²) in [6, 6.07) is 21.7. The van der Waals surface area contributed by atoms with E-state index in [1.54, 1.807) is 79.7 Å². The molecule has 1 aliphatic rings. The van der Waals surface area contributed by atoms with Crippen molar-refractivity contribution in [2.75, 3.05) is 20.8 Å².